The van der Waals surface area contributed by atoms with E-state index in [4.69, 9.17) is 14.8 Å². The van der Waals surface area contributed by atoms with E-state index in [1.54, 1.807) is 11.6 Å². The first-order chi connectivity index (χ1) is 17.0. The van der Waals surface area contributed by atoms with Gasteiger partial charge in [-0.1, -0.05) is 18.2 Å². The smallest absolute Gasteiger partial charge is 0.219 e. The molecule has 1 amide bonds. The summed E-state index contributed by atoms with van der Waals surface area (Å²) in [5.74, 6) is 0.108. The minimum Gasteiger partial charge on any atom is -0.381 e. The number of amides is 1. The van der Waals surface area contributed by atoms with E-state index < -0.39 is 0 Å². The molecule has 4 aromatic rings. The Morgan fingerprint density at radius 3 is 2.69 bits per heavy atom. The molecule has 0 aliphatic carbocycles. The number of hydrogen-bond acceptors (Lipinski definition) is 5. The van der Waals surface area contributed by atoms with Gasteiger partial charge in [0.15, 0.2) is 0 Å². The number of aromatic nitrogens is 5. The van der Waals surface area contributed by atoms with Crippen molar-refractivity contribution in [2.24, 2.45) is 7.05 Å². The topological polar surface area (TPSA) is 78.1 Å². The molecule has 180 valence electrons. The second-order valence-corrected chi connectivity index (χ2v) is 9.65. The lowest BCUT2D eigenvalue weighted by Gasteiger charge is -2.29. The number of rotatable bonds is 3. The average molecular weight is 471 g/mol. The first-order valence-electron chi connectivity index (χ1n) is 12.3. The monoisotopic (exact) mass is 470 g/mol. The van der Waals surface area contributed by atoms with Crippen LogP contribution in [-0.2, 0) is 29.5 Å². The van der Waals surface area contributed by atoms with Gasteiger partial charge in [-0.05, 0) is 30.7 Å². The van der Waals surface area contributed by atoms with E-state index in [0.717, 1.165) is 77.9 Å². The number of aryl methyl sites for hydroxylation is 2. The lowest BCUT2D eigenvalue weighted by atomic mass is 9.95. The Balaban J connectivity index is 1.52. The summed E-state index contributed by atoms with van der Waals surface area (Å²) in [6.45, 7) is 6.64. The molecule has 0 radical (unpaired) electrons. The van der Waals surface area contributed by atoms with Gasteiger partial charge in [0.25, 0.3) is 0 Å². The van der Waals surface area contributed by atoms with Gasteiger partial charge in [0.2, 0.25) is 5.91 Å². The molecule has 5 heterocycles. The van der Waals surface area contributed by atoms with E-state index in [1.807, 2.05) is 30.5 Å². The predicted molar refractivity (Wildman–Crippen MR) is 134 cm³/mol. The van der Waals surface area contributed by atoms with Crippen molar-refractivity contribution >= 4 is 16.7 Å². The summed E-state index contributed by atoms with van der Waals surface area (Å²) >= 11 is 0. The molecule has 1 fully saturated rings. The summed E-state index contributed by atoms with van der Waals surface area (Å²) in [5, 5.41) is 11.8. The van der Waals surface area contributed by atoms with Gasteiger partial charge in [-0.25, -0.2) is 0 Å². The molecule has 2 aliphatic rings. The Kier molecular flexibility index (Phi) is 5.40. The number of carbonyl (C=O) groups excluding carboxylic acids is 1. The number of benzene rings is 1. The minimum absolute atomic E-state index is 0.108. The number of fused-ring (bicyclic) bond motifs is 2. The molecule has 0 bridgehead atoms. The molecule has 3 aromatic heterocycles. The van der Waals surface area contributed by atoms with Gasteiger partial charge in [-0.3, -0.25) is 19.1 Å². The van der Waals surface area contributed by atoms with Crippen LogP contribution in [0, 0.1) is 6.92 Å². The molecule has 0 N–H and O–H groups in total. The van der Waals surface area contributed by atoms with E-state index in [-0.39, 0.29) is 5.91 Å². The van der Waals surface area contributed by atoms with Crippen molar-refractivity contribution in [3.63, 3.8) is 0 Å². The van der Waals surface area contributed by atoms with Crippen LogP contribution in [0.4, 0.5) is 0 Å². The van der Waals surface area contributed by atoms with Crippen LogP contribution in [0.1, 0.15) is 42.6 Å². The summed E-state index contributed by atoms with van der Waals surface area (Å²) in [4.78, 5) is 19.0. The van der Waals surface area contributed by atoms with Crippen LogP contribution in [0.3, 0.4) is 0 Å². The fraction of sp³-hybridized carbons (Fsp3) is 0.407. The van der Waals surface area contributed by atoms with Gasteiger partial charge in [0.05, 0.1) is 23.6 Å². The molecule has 0 atom stereocenters. The van der Waals surface area contributed by atoms with Crippen LogP contribution in [0.2, 0.25) is 0 Å². The Hall–Kier alpha value is -3.52. The first kappa shape index (κ1) is 22.0. The average Bonchev–Trinajstić information content (AvgIpc) is 3.48. The first-order valence-corrected chi connectivity index (χ1v) is 12.3. The second kappa shape index (κ2) is 8.61. The van der Waals surface area contributed by atoms with E-state index >= 15 is 0 Å². The van der Waals surface area contributed by atoms with Crippen LogP contribution in [-0.4, -0.2) is 55.1 Å². The van der Waals surface area contributed by atoms with Crippen molar-refractivity contribution in [3.8, 4) is 22.5 Å². The third kappa shape index (κ3) is 3.72. The van der Waals surface area contributed by atoms with Gasteiger partial charge in [0.1, 0.15) is 0 Å². The standard InChI is InChI=1S/C27H30N6O2/c1-17-21-5-4-6-22(23(21)14-28-26(17)19-13-29-31(3)15-19)27-24-16-32(18(2)34)10-7-25(24)33(30-27)20-8-11-35-12-9-20/h4-6,13-15,20H,7-12,16H2,1-3H3. The maximum Gasteiger partial charge on any atom is 0.219 e. The molecular formula is C27H30N6O2. The molecule has 1 aromatic carbocycles. The molecular weight excluding hydrogens is 440 g/mol. The molecule has 0 saturated carbocycles. The van der Waals surface area contributed by atoms with Gasteiger partial charge in [0, 0.05) is 86.9 Å². The van der Waals surface area contributed by atoms with Crippen LogP contribution < -0.4 is 0 Å². The van der Waals surface area contributed by atoms with Gasteiger partial charge in [-0.15, -0.1) is 0 Å². The van der Waals surface area contributed by atoms with E-state index in [9.17, 15) is 4.79 Å². The molecule has 6 rings (SSSR count). The Labute approximate surface area is 204 Å². The lowest BCUT2D eigenvalue weighted by molar-refractivity contribution is -0.129. The summed E-state index contributed by atoms with van der Waals surface area (Å²) in [6.07, 6.45) is 8.57. The van der Waals surface area contributed by atoms with Gasteiger partial charge < -0.3 is 9.64 Å². The largest absolute Gasteiger partial charge is 0.381 e. The highest BCUT2D eigenvalue weighted by atomic mass is 16.5. The molecule has 35 heavy (non-hydrogen) atoms. The van der Waals surface area contributed by atoms with Crippen LogP contribution in [0.25, 0.3) is 33.3 Å². The van der Waals surface area contributed by atoms with Crippen LogP contribution in [0.15, 0.2) is 36.8 Å². The van der Waals surface area contributed by atoms with E-state index in [1.165, 1.54) is 11.3 Å². The number of hydrogen-bond donors (Lipinski definition) is 0. The van der Waals surface area contributed by atoms with E-state index in [0.29, 0.717) is 12.6 Å². The zero-order chi connectivity index (χ0) is 24.1. The molecule has 8 heteroatoms. The Morgan fingerprint density at radius 2 is 1.94 bits per heavy atom. The Morgan fingerprint density at radius 1 is 1.11 bits per heavy atom. The second-order valence-electron chi connectivity index (χ2n) is 9.65. The van der Waals surface area contributed by atoms with Gasteiger partial charge >= 0.3 is 0 Å². The predicted octanol–water partition coefficient (Wildman–Crippen LogP) is 4.06. The highest BCUT2D eigenvalue weighted by Crippen LogP contribution is 2.38. The number of carbonyl (C=O) groups is 1. The number of ether oxygens (including phenoxy) is 1. The summed E-state index contributed by atoms with van der Waals surface area (Å²) in [5.41, 5.74) is 7.55. The van der Waals surface area contributed by atoms with Crippen molar-refractivity contribution in [1.29, 1.82) is 0 Å². The molecule has 0 unspecified atom stereocenters. The molecule has 8 nitrogen and oxygen atoms in total. The van der Waals surface area contributed by atoms with Gasteiger partial charge in [-0.2, -0.15) is 10.2 Å². The quantitative estimate of drug-likeness (QED) is 0.451. The fourth-order valence-corrected chi connectivity index (χ4v) is 5.59. The normalized spacial score (nSPS) is 16.6. The summed E-state index contributed by atoms with van der Waals surface area (Å²) in [6, 6.07) is 6.72. The fourth-order valence-electron chi connectivity index (χ4n) is 5.59. The Bertz CT molecular complexity index is 1430. The van der Waals surface area contributed by atoms with Crippen LogP contribution in [0.5, 0.6) is 0 Å². The third-order valence-corrected chi connectivity index (χ3v) is 7.49. The van der Waals surface area contributed by atoms with Crippen molar-refractivity contribution in [2.45, 2.75) is 45.7 Å². The van der Waals surface area contributed by atoms with E-state index in [2.05, 4.69) is 34.9 Å². The van der Waals surface area contributed by atoms with Crippen molar-refractivity contribution in [2.75, 3.05) is 19.8 Å². The maximum atomic E-state index is 12.3. The molecule has 2 aliphatic heterocycles. The minimum atomic E-state index is 0.108. The molecule has 1 saturated heterocycles. The summed E-state index contributed by atoms with van der Waals surface area (Å²) in [7, 11) is 1.92. The number of pyridine rings is 1. The van der Waals surface area contributed by atoms with Crippen LogP contribution >= 0.6 is 0 Å². The van der Waals surface area contributed by atoms with Crippen molar-refractivity contribution in [1.82, 2.24) is 29.4 Å². The van der Waals surface area contributed by atoms with Crippen molar-refractivity contribution in [3.05, 3.63) is 53.6 Å². The highest BCUT2D eigenvalue weighted by molar-refractivity contribution is 5.99. The van der Waals surface area contributed by atoms with Crippen molar-refractivity contribution < 1.29 is 9.53 Å². The highest BCUT2D eigenvalue weighted by Gasteiger charge is 2.30. The zero-order valence-corrected chi connectivity index (χ0v) is 20.5. The maximum absolute atomic E-state index is 12.3. The third-order valence-electron chi connectivity index (χ3n) is 7.49. The lowest BCUT2D eigenvalue weighted by Crippen LogP contribution is -2.35. The SMILES string of the molecule is CC(=O)N1CCc2c(c(-c3cccc4c(C)c(-c5cnn(C)c5)ncc34)nn2C2CCOCC2)C1. The number of nitrogens with zero attached hydrogens (tertiary/aromatic N) is 6. The molecule has 0 spiro atoms. The summed E-state index contributed by atoms with van der Waals surface area (Å²) < 4.78 is 9.66. The zero-order valence-electron chi connectivity index (χ0n) is 20.5.